The molecule has 6 heterocycles. The molecule has 448 valence electrons. The van der Waals surface area contributed by atoms with Crippen LogP contribution in [0, 0.1) is 0 Å². The summed E-state index contributed by atoms with van der Waals surface area (Å²) in [6.45, 7) is 0. The number of thiophene rings is 1. The Morgan fingerprint density at radius 2 is 0.594 bits per heavy atom. The molecular formula is C90H56N4OS. The maximum Gasteiger partial charge on any atom is 0.135 e. The van der Waals surface area contributed by atoms with Gasteiger partial charge in [0.2, 0.25) is 0 Å². The Morgan fingerprint density at radius 1 is 0.198 bits per heavy atom. The minimum absolute atomic E-state index is 0.907. The smallest absolute Gasteiger partial charge is 0.135 e. The van der Waals surface area contributed by atoms with Gasteiger partial charge >= 0.3 is 0 Å². The minimum atomic E-state index is 0.907. The number of aromatic nitrogens is 4. The van der Waals surface area contributed by atoms with E-state index >= 15 is 0 Å². The number of fused-ring (bicyclic) bond motifs is 18. The molecule has 0 amide bonds. The van der Waals surface area contributed by atoms with E-state index in [1.807, 2.05) is 23.5 Å². The first-order chi connectivity index (χ1) is 47.6. The number of benzene rings is 15. The molecule has 15 aromatic carbocycles. The van der Waals surface area contributed by atoms with Crippen LogP contribution in [-0.2, 0) is 0 Å². The Bertz CT molecular complexity index is 6690. The second-order valence-corrected chi connectivity index (χ2v) is 26.2. The van der Waals surface area contributed by atoms with Crippen LogP contribution in [0.4, 0.5) is 0 Å². The maximum absolute atomic E-state index is 6.16. The predicted octanol–water partition coefficient (Wildman–Crippen LogP) is 25.0. The van der Waals surface area contributed by atoms with E-state index in [0.29, 0.717) is 0 Å². The SMILES string of the molecule is c1ccc(-c2ccc(-n3c4ccccc4c4cc(-c5ccc6c(c5)c5ccccc5n6-c5cccc6c5sc5ccccc56)ccc43)cc2)cc1.c1ccc(-n2c3ccccc3c3cc(-c4ccc5c6ccccc6n(-c6ccc7oc8ccccc8c7c6)c5c4)ccc32)cc1. The molecule has 0 aliphatic rings. The highest BCUT2D eigenvalue weighted by molar-refractivity contribution is 7.26. The molecule has 5 nitrogen and oxygen atoms in total. The molecule has 0 saturated heterocycles. The summed E-state index contributed by atoms with van der Waals surface area (Å²) in [5, 5.41) is 15.0. The van der Waals surface area contributed by atoms with Crippen LogP contribution in [0.2, 0.25) is 0 Å². The Balaban J connectivity index is 0.000000132. The lowest BCUT2D eigenvalue weighted by atomic mass is 10.0. The lowest BCUT2D eigenvalue weighted by molar-refractivity contribution is 0.669. The fourth-order valence-electron chi connectivity index (χ4n) is 15.5. The third kappa shape index (κ3) is 8.42. The van der Waals surface area contributed by atoms with Crippen molar-refractivity contribution in [3.8, 4) is 56.1 Å². The molecule has 0 unspecified atom stereocenters. The van der Waals surface area contributed by atoms with Crippen molar-refractivity contribution in [2.75, 3.05) is 0 Å². The Labute approximate surface area is 555 Å². The van der Waals surface area contributed by atoms with Gasteiger partial charge in [0.15, 0.2) is 0 Å². The average Bonchev–Trinajstić information content (AvgIpc) is 1.59. The van der Waals surface area contributed by atoms with Crippen molar-refractivity contribution in [1.29, 1.82) is 0 Å². The van der Waals surface area contributed by atoms with Gasteiger partial charge in [0.25, 0.3) is 0 Å². The molecule has 21 aromatic rings. The Hall–Kier alpha value is -12.5. The zero-order valence-corrected chi connectivity index (χ0v) is 52.8. The van der Waals surface area contributed by atoms with E-state index < -0.39 is 0 Å². The highest BCUT2D eigenvalue weighted by Gasteiger charge is 2.21. The summed E-state index contributed by atoms with van der Waals surface area (Å²) in [7, 11) is 0. The number of para-hydroxylation sites is 6. The van der Waals surface area contributed by atoms with Gasteiger partial charge < -0.3 is 22.7 Å². The first kappa shape index (κ1) is 54.1. The molecule has 0 saturated carbocycles. The first-order valence-corrected chi connectivity index (χ1v) is 33.6. The second kappa shape index (κ2) is 21.6. The van der Waals surface area contributed by atoms with Crippen molar-refractivity contribution in [2.45, 2.75) is 0 Å². The molecular weight excluding hydrogens is 1190 g/mol. The summed E-state index contributed by atoms with van der Waals surface area (Å²) in [6, 6.07) is 123. The van der Waals surface area contributed by atoms with Crippen molar-refractivity contribution < 1.29 is 4.42 Å². The highest BCUT2D eigenvalue weighted by atomic mass is 32.1. The molecule has 0 fully saturated rings. The number of rotatable bonds is 7. The van der Waals surface area contributed by atoms with Gasteiger partial charge in [0.1, 0.15) is 11.2 Å². The molecule has 0 N–H and O–H groups in total. The van der Waals surface area contributed by atoms with Crippen LogP contribution in [0.5, 0.6) is 0 Å². The zero-order valence-electron chi connectivity index (χ0n) is 51.9. The zero-order chi connectivity index (χ0) is 63.0. The molecule has 21 rings (SSSR count). The number of hydrogen-bond donors (Lipinski definition) is 0. The molecule has 0 aliphatic carbocycles. The van der Waals surface area contributed by atoms with E-state index in [2.05, 4.69) is 346 Å². The predicted molar refractivity (Wildman–Crippen MR) is 407 cm³/mol. The van der Waals surface area contributed by atoms with Crippen LogP contribution in [-0.4, -0.2) is 18.3 Å². The standard InChI is InChI=1S/C48H30N2S.C42H26N2O/c1-2-11-31(12-3-1)32-21-25-35(26-22-32)49-42-17-7-4-13-36(42)40-29-33(23-27-44(40)49)34-24-28-45-41(30-34)37-14-5-8-18-43(37)50(45)46-19-10-16-39-38-15-6-9-20-47(38)51-48(39)46;1-2-10-29(11-3-1)43-38-16-8-5-13-32(38)35-24-27(19-22-39(35)43)28-18-21-33-31-12-4-7-15-37(31)44(40(33)25-28)30-20-23-42-36(26-30)34-14-6-9-17-41(34)45-42/h1-30H;1-26H. The van der Waals surface area contributed by atoms with Crippen molar-refractivity contribution in [3.63, 3.8) is 0 Å². The second-order valence-electron chi connectivity index (χ2n) is 25.1. The molecule has 6 aromatic heterocycles. The van der Waals surface area contributed by atoms with Gasteiger partial charge in [0, 0.05) is 86.4 Å². The number of furan rings is 1. The third-order valence-corrected chi connectivity index (χ3v) is 21.1. The molecule has 0 spiro atoms. The van der Waals surface area contributed by atoms with Crippen LogP contribution < -0.4 is 0 Å². The van der Waals surface area contributed by atoms with Gasteiger partial charge in [-0.25, -0.2) is 0 Å². The first-order valence-electron chi connectivity index (χ1n) is 32.8. The highest BCUT2D eigenvalue weighted by Crippen LogP contribution is 2.45. The summed E-state index contributed by atoms with van der Waals surface area (Å²) in [5.41, 5.74) is 23.5. The maximum atomic E-state index is 6.16. The summed E-state index contributed by atoms with van der Waals surface area (Å²) in [4.78, 5) is 0. The quantitative estimate of drug-likeness (QED) is 0.157. The number of nitrogens with zero attached hydrogens (tertiary/aromatic N) is 4. The lowest BCUT2D eigenvalue weighted by Gasteiger charge is -2.11. The Kier molecular flexibility index (Phi) is 12.1. The summed E-state index contributed by atoms with van der Waals surface area (Å²) in [6.07, 6.45) is 0. The molecule has 6 heteroatoms. The normalized spacial score (nSPS) is 12.0. The van der Waals surface area contributed by atoms with E-state index in [4.69, 9.17) is 4.42 Å². The summed E-state index contributed by atoms with van der Waals surface area (Å²) >= 11 is 1.88. The van der Waals surface area contributed by atoms with E-state index in [9.17, 15) is 0 Å². The van der Waals surface area contributed by atoms with Crippen LogP contribution in [0.15, 0.2) is 344 Å². The third-order valence-electron chi connectivity index (χ3n) is 19.8. The van der Waals surface area contributed by atoms with Gasteiger partial charge in [-0.3, -0.25) is 0 Å². The summed E-state index contributed by atoms with van der Waals surface area (Å²) < 4.78 is 18.4. The van der Waals surface area contributed by atoms with Crippen LogP contribution in [0.3, 0.4) is 0 Å². The van der Waals surface area contributed by atoms with Gasteiger partial charge in [-0.1, -0.05) is 212 Å². The van der Waals surface area contributed by atoms with Gasteiger partial charge in [-0.2, -0.15) is 0 Å². The van der Waals surface area contributed by atoms with Gasteiger partial charge in [0.05, 0.1) is 54.5 Å². The van der Waals surface area contributed by atoms with Crippen LogP contribution in [0.1, 0.15) is 0 Å². The molecule has 0 aliphatic heterocycles. The Morgan fingerprint density at radius 3 is 1.21 bits per heavy atom. The van der Waals surface area contributed by atoms with Crippen molar-refractivity contribution in [3.05, 3.63) is 340 Å². The largest absolute Gasteiger partial charge is 0.456 e. The number of hydrogen-bond acceptors (Lipinski definition) is 2. The monoisotopic (exact) mass is 1240 g/mol. The van der Waals surface area contributed by atoms with E-state index in [0.717, 1.165) is 33.3 Å². The molecule has 0 bridgehead atoms. The fraction of sp³-hybridized carbons (Fsp3) is 0. The topological polar surface area (TPSA) is 32.9 Å². The van der Waals surface area contributed by atoms with Crippen molar-refractivity contribution in [2.24, 2.45) is 0 Å². The van der Waals surface area contributed by atoms with Gasteiger partial charge in [-0.15, -0.1) is 11.3 Å². The van der Waals surface area contributed by atoms with Crippen molar-refractivity contribution >= 4 is 141 Å². The molecule has 0 atom stereocenters. The van der Waals surface area contributed by atoms with Crippen LogP contribution >= 0.6 is 11.3 Å². The fourth-order valence-corrected chi connectivity index (χ4v) is 16.7. The van der Waals surface area contributed by atoms with Crippen molar-refractivity contribution in [1.82, 2.24) is 18.3 Å². The molecule has 96 heavy (non-hydrogen) atoms. The van der Waals surface area contributed by atoms with Gasteiger partial charge in [-0.05, 0) is 161 Å². The van der Waals surface area contributed by atoms with E-state index in [1.54, 1.807) is 0 Å². The van der Waals surface area contributed by atoms with E-state index in [1.165, 1.54) is 152 Å². The molecule has 0 radical (unpaired) electrons. The average molecular weight is 1240 g/mol. The van der Waals surface area contributed by atoms with Crippen LogP contribution in [0.25, 0.3) is 185 Å². The lowest BCUT2D eigenvalue weighted by Crippen LogP contribution is -1.94. The van der Waals surface area contributed by atoms with E-state index in [-0.39, 0.29) is 0 Å². The summed E-state index contributed by atoms with van der Waals surface area (Å²) in [5.74, 6) is 0. The minimum Gasteiger partial charge on any atom is -0.456 e.